The Bertz CT molecular complexity index is 1010. The van der Waals surface area contributed by atoms with Crippen molar-refractivity contribution in [1.29, 1.82) is 0 Å². The molecule has 0 aliphatic carbocycles. The lowest BCUT2D eigenvalue weighted by Gasteiger charge is -2.27. The van der Waals surface area contributed by atoms with Gasteiger partial charge in [0, 0.05) is 49.7 Å². The maximum atomic E-state index is 13.1. The summed E-state index contributed by atoms with van der Waals surface area (Å²) >= 11 is 1.65. The molecule has 0 bridgehead atoms. The van der Waals surface area contributed by atoms with Crippen LogP contribution in [0.25, 0.3) is 0 Å². The molecular weight excluding hydrogens is 406 g/mol. The molecule has 6 heteroatoms. The van der Waals surface area contributed by atoms with E-state index in [2.05, 4.69) is 46.3 Å². The van der Waals surface area contributed by atoms with Crippen molar-refractivity contribution in [2.75, 3.05) is 19.6 Å². The highest BCUT2D eigenvalue weighted by molar-refractivity contribution is 7.09. The molecule has 0 N–H and O–H groups in total. The van der Waals surface area contributed by atoms with Crippen LogP contribution < -0.4 is 4.74 Å². The molecule has 3 aromatic rings. The minimum Gasteiger partial charge on any atom is -0.484 e. The van der Waals surface area contributed by atoms with Gasteiger partial charge in [0.25, 0.3) is 0 Å². The van der Waals surface area contributed by atoms with Gasteiger partial charge in [-0.3, -0.25) is 9.69 Å². The van der Waals surface area contributed by atoms with Gasteiger partial charge in [-0.15, -0.1) is 11.3 Å². The van der Waals surface area contributed by atoms with Gasteiger partial charge in [0.15, 0.2) is 0 Å². The van der Waals surface area contributed by atoms with Crippen LogP contribution in [0, 0.1) is 0 Å². The van der Waals surface area contributed by atoms with Crippen LogP contribution in [0.4, 0.5) is 0 Å². The predicted molar refractivity (Wildman–Crippen MR) is 122 cm³/mol. The Morgan fingerprint density at radius 3 is 2.81 bits per heavy atom. The fourth-order valence-corrected chi connectivity index (χ4v) is 5.39. The van der Waals surface area contributed by atoms with Crippen molar-refractivity contribution in [3.05, 3.63) is 82.3 Å². The summed E-state index contributed by atoms with van der Waals surface area (Å²) in [6.45, 7) is 3.12. The van der Waals surface area contributed by atoms with Crippen molar-refractivity contribution in [3.63, 3.8) is 0 Å². The van der Waals surface area contributed by atoms with Crippen LogP contribution in [0.2, 0.25) is 0 Å². The molecule has 5 nitrogen and oxygen atoms in total. The maximum Gasteiger partial charge on any atom is 0.224 e. The van der Waals surface area contributed by atoms with Crippen molar-refractivity contribution >= 4 is 17.2 Å². The summed E-state index contributed by atoms with van der Waals surface area (Å²) in [7, 11) is 0. The van der Waals surface area contributed by atoms with Crippen LogP contribution in [-0.4, -0.2) is 40.3 Å². The van der Waals surface area contributed by atoms with Crippen LogP contribution in [0.5, 0.6) is 5.75 Å². The zero-order valence-electron chi connectivity index (χ0n) is 17.5. The van der Waals surface area contributed by atoms with Gasteiger partial charge in [-0.05, 0) is 24.5 Å². The molecule has 1 amide bonds. The SMILES string of the molecule is O=C(CCN1Cc2ccccc2OC(c2ccccc2)C1)N1CCCC1c1nccs1. The Kier molecular flexibility index (Phi) is 6.00. The lowest BCUT2D eigenvalue weighted by Crippen LogP contribution is -2.35. The van der Waals surface area contributed by atoms with Crippen molar-refractivity contribution in [3.8, 4) is 5.75 Å². The average molecular weight is 434 g/mol. The number of amides is 1. The molecule has 2 atom stereocenters. The largest absolute Gasteiger partial charge is 0.484 e. The van der Waals surface area contributed by atoms with Gasteiger partial charge in [0.05, 0.1) is 6.04 Å². The number of thiazole rings is 1. The van der Waals surface area contributed by atoms with Gasteiger partial charge in [0.2, 0.25) is 5.91 Å². The summed E-state index contributed by atoms with van der Waals surface area (Å²) in [5.74, 6) is 1.17. The Labute approximate surface area is 187 Å². The minimum atomic E-state index is -0.0465. The van der Waals surface area contributed by atoms with Gasteiger partial charge < -0.3 is 9.64 Å². The third kappa shape index (κ3) is 4.50. The number of carbonyl (C=O) groups excluding carboxylic acids is 1. The highest BCUT2D eigenvalue weighted by atomic mass is 32.1. The Morgan fingerprint density at radius 1 is 1.13 bits per heavy atom. The van der Waals surface area contributed by atoms with Gasteiger partial charge in [0.1, 0.15) is 16.9 Å². The number of hydrogen-bond donors (Lipinski definition) is 0. The van der Waals surface area contributed by atoms with E-state index in [1.165, 1.54) is 11.1 Å². The number of fused-ring (bicyclic) bond motifs is 1. The highest BCUT2D eigenvalue weighted by Crippen LogP contribution is 2.34. The lowest BCUT2D eigenvalue weighted by molar-refractivity contribution is -0.132. The first-order valence-corrected chi connectivity index (χ1v) is 11.9. The van der Waals surface area contributed by atoms with Crippen LogP contribution in [0.15, 0.2) is 66.2 Å². The average Bonchev–Trinajstić information content (AvgIpc) is 3.47. The summed E-state index contributed by atoms with van der Waals surface area (Å²) in [6.07, 6.45) is 4.37. The third-order valence-corrected chi connectivity index (χ3v) is 7.06. The number of nitrogens with zero attached hydrogens (tertiary/aromatic N) is 3. The maximum absolute atomic E-state index is 13.1. The van der Waals surface area contributed by atoms with E-state index in [9.17, 15) is 4.79 Å². The first kappa shape index (κ1) is 20.2. The molecule has 31 heavy (non-hydrogen) atoms. The number of carbonyl (C=O) groups is 1. The standard InChI is InChI=1S/C25H27N3O2S/c29-24(28-14-6-10-21(28)25-26-13-16-31-25)12-15-27-17-20-9-4-5-11-22(20)30-23(18-27)19-7-2-1-3-8-19/h1-5,7-9,11,13,16,21,23H,6,10,12,14-15,17-18H2. The zero-order valence-corrected chi connectivity index (χ0v) is 18.3. The van der Waals surface area contributed by atoms with E-state index in [0.717, 1.165) is 49.8 Å². The fraction of sp³-hybridized carbons (Fsp3) is 0.360. The van der Waals surface area contributed by atoms with Gasteiger partial charge in [-0.25, -0.2) is 4.98 Å². The summed E-state index contributed by atoms with van der Waals surface area (Å²) < 4.78 is 6.40. The summed E-state index contributed by atoms with van der Waals surface area (Å²) in [5, 5.41) is 3.06. The molecule has 0 radical (unpaired) electrons. The normalized spacial score (nSPS) is 21.4. The molecule has 0 saturated carbocycles. The van der Waals surface area contributed by atoms with Crippen molar-refractivity contribution in [1.82, 2.24) is 14.8 Å². The van der Waals surface area contributed by atoms with E-state index in [4.69, 9.17) is 4.74 Å². The zero-order chi connectivity index (χ0) is 21.0. The quantitative estimate of drug-likeness (QED) is 0.578. The predicted octanol–water partition coefficient (Wildman–Crippen LogP) is 4.83. The summed E-state index contributed by atoms with van der Waals surface area (Å²) in [4.78, 5) is 22.0. The second-order valence-corrected chi connectivity index (χ2v) is 9.15. The number of rotatable bonds is 5. The molecule has 1 aromatic heterocycles. The van der Waals surface area contributed by atoms with Crippen LogP contribution in [0.3, 0.4) is 0 Å². The van der Waals surface area contributed by atoms with Crippen molar-refractivity contribution in [2.45, 2.75) is 38.0 Å². The number of aromatic nitrogens is 1. The molecule has 2 unspecified atom stereocenters. The summed E-state index contributed by atoms with van der Waals surface area (Å²) in [5.41, 5.74) is 2.34. The van der Waals surface area contributed by atoms with E-state index in [0.29, 0.717) is 6.42 Å². The molecule has 5 rings (SSSR count). The Hall–Kier alpha value is -2.70. The molecule has 3 heterocycles. The molecule has 160 valence electrons. The molecule has 1 saturated heterocycles. The van der Waals surface area contributed by atoms with Gasteiger partial charge in [-0.1, -0.05) is 48.5 Å². The van der Waals surface area contributed by atoms with E-state index in [1.54, 1.807) is 11.3 Å². The van der Waals surface area contributed by atoms with Crippen LogP contribution in [0.1, 0.15) is 47.5 Å². The highest BCUT2D eigenvalue weighted by Gasteiger charge is 2.32. The van der Waals surface area contributed by atoms with E-state index in [-0.39, 0.29) is 18.1 Å². The number of likely N-dealkylation sites (tertiary alicyclic amines) is 1. The second kappa shape index (κ2) is 9.20. The first-order valence-electron chi connectivity index (χ1n) is 11.0. The van der Waals surface area contributed by atoms with E-state index < -0.39 is 0 Å². The van der Waals surface area contributed by atoms with Gasteiger partial charge in [-0.2, -0.15) is 0 Å². The number of para-hydroxylation sites is 1. The molecule has 1 fully saturated rings. The Morgan fingerprint density at radius 2 is 1.97 bits per heavy atom. The topological polar surface area (TPSA) is 45.7 Å². The number of ether oxygens (including phenoxy) is 1. The summed E-state index contributed by atoms with van der Waals surface area (Å²) in [6, 6.07) is 18.8. The third-order valence-electron chi connectivity index (χ3n) is 6.18. The fourth-order valence-electron chi connectivity index (χ4n) is 4.61. The van der Waals surface area contributed by atoms with Crippen molar-refractivity contribution in [2.24, 2.45) is 0 Å². The minimum absolute atomic E-state index is 0.0465. The molecule has 2 aliphatic rings. The molecular formula is C25H27N3O2S. The molecule has 0 spiro atoms. The molecule has 2 aromatic carbocycles. The molecule has 2 aliphatic heterocycles. The second-order valence-electron chi connectivity index (χ2n) is 8.23. The number of benzene rings is 2. The smallest absolute Gasteiger partial charge is 0.224 e. The Balaban J connectivity index is 1.29. The lowest BCUT2D eigenvalue weighted by atomic mass is 10.1. The van der Waals surface area contributed by atoms with Crippen molar-refractivity contribution < 1.29 is 9.53 Å². The monoisotopic (exact) mass is 433 g/mol. The number of hydrogen-bond acceptors (Lipinski definition) is 5. The van der Waals surface area contributed by atoms with Crippen LogP contribution in [-0.2, 0) is 11.3 Å². The van der Waals surface area contributed by atoms with E-state index in [1.807, 2.05) is 34.7 Å². The first-order chi connectivity index (χ1) is 15.3. The van der Waals surface area contributed by atoms with Crippen LogP contribution >= 0.6 is 11.3 Å². The van der Waals surface area contributed by atoms with Gasteiger partial charge >= 0.3 is 0 Å². The van der Waals surface area contributed by atoms with E-state index >= 15 is 0 Å².